The molecule has 102 valence electrons. The normalized spacial score (nSPS) is 12.3. The van der Waals surface area contributed by atoms with Gasteiger partial charge in [0.2, 0.25) is 0 Å². The monoisotopic (exact) mass is 271 g/mol. The van der Waals surface area contributed by atoms with Crippen LogP contribution in [-0.4, -0.2) is 20.8 Å². The summed E-state index contributed by atoms with van der Waals surface area (Å²) in [6, 6.07) is 3.80. The Bertz CT molecular complexity index is 382. The third kappa shape index (κ3) is 3.53. The van der Waals surface area contributed by atoms with Crippen molar-refractivity contribution in [2.75, 3.05) is 20.8 Å². The molecule has 0 aromatic heterocycles. The topological polar surface area (TPSA) is 44.5 Å². The third-order valence-electron chi connectivity index (χ3n) is 3.19. The van der Waals surface area contributed by atoms with Crippen molar-refractivity contribution in [1.82, 2.24) is 0 Å². The highest BCUT2D eigenvalue weighted by molar-refractivity contribution is 6.32. The predicted octanol–water partition coefficient (Wildman–Crippen LogP) is 3.59. The first-order valence-electron chi connectivity index (χ1n) is 6.29. The van der Waals surface area contributed by atoms with Gasteiger partial charge in [-0.15, -0.1) is 0 Å². The number of hydrogen-bond acceptors (Lipinski definition) is 3. The van der Waals surface area contributed by atoms with Gasteiger partial charge in [0.1, 0.15) is 11.5 Å². The van der Waals surface area contributed by atoms with Crippen molar-refractivity contribution in [2.45, 2.75) is 32.1 Å². The smallest absolute Gasteiger partial charge is 0.138 e. The van der Waals surface area contributed by atoms with Crippen molar-refractivity contribution in [3.63, 3.8) is 0 Å². The lowest BCUT2D eigenvalue weighted by molar-refractivity contribution is 0.392. The van der Waals surface area contributed by atoms with Gasteiger partial charge in [-0.25, -0.2) is 0 Å². The second kappa shape index (κ2) is 7.49. The van der Waals surface area contributed by atoms with Crippen LogP contribution >= 0.6 is 11.6 Å². The van der Waals surface area contributed by atoms with Gasteiger partial charge in [-0.2, -0.15) is 0 Å². The first-order valence-corrected chi connectivity index (χ1v) is 6.67. The summed E-state index contributed by atoms with van der Waals surface area (Å²) in [6.07, 6.45) is 3.10. The Morgan fingerprint density at radius 1 is 1.22 bits per heavy atom. The molecule has 4 heteroatoms. The van der Waals surface area contributed by atoms with E-state index in [4.69, 9.17) is 26.8 Å². The fourth-order valence-electron chi connectivity index (χ4n) is 2.15. The van der Waals surface area contributed by atoms with E-state index in [2.05, 4.69) is 6.92 Å². The van der Waals surface area contributed by atoms with Gasteiger partial charge in [-0.3, -0.25) is 0 Å². The van der Waals surface area contributed by atoms with Crippen LogP contribution in [0.5, 0.6) is 11.5 Å². The van der Waals surface area contributed by atoms with Gasteiger partial charge >= 0.3 is 0 Å². The minimum absolute atomic E-state index is 0.426. The SMILES string of the molecule is CCC(CCCN)c1cc(OC)c(Cl)cc1OC. The fourth-order valence-corrected chi connectivity index (χ4v) is 2.38. The predicted molar refractivity (Wildman–Crippen MR) is 75.9 cm³/mol. The molecule has 3 nitrogen and oxygen atoms in total. The van der Waals surface area contributed by atoms with Gasteiger partial charge in [0.25, 0.3) is 0 Å². The molecule has 0 heterocycles. The molecule has 1 unspecified atom stereocenters. The van der Waals surface area contributed by atoms with E-state index >= 15 is 0 Å². The highest BCUT2D eigenvalue weighted by Crippen LogP contribution is 2.39. The zero-order valence-corrected chi connectivity index (χ0v) is 12.1. The Morgan fingerprint density at radius 2 is 1.89 bits per heavy atom. The number of hydrogen-bond donors (Lipinski definition) is 1. The Balaban J connectivity index is 3.09. The van der Waals surface area contributed by atoms with Gasteiger partial charge < -0.3 is 15.2 Å². The number of halogens is 1. The van der Waals surface area contributed by atoms with Crippen LogP contribution in [0.3, 0.4) is 0 Å². The molecular weight excluding hydrogens is 250 g/mol. The van der Waals surface area contributed by atoms with Gasteiger partial charge in [-0.1, -0.05) is 18.5 Å². The summed E-state index contributed by atoms with van der Waals surface area (Å²) in [4.78, 5) is 0. The standard InChI is InChI=1S/C14H22ClNO2/c1-4-10(6-5-7-16)11-8-14(18-3)12(15)9-13(11)17-2/h8-10H,4-7,16H2,1-3H3. The molecule has 2 N–H and O–H groups in total. The van der Waals surface area contributed by atoms with Crippen LogP contribution in [0.2, 0.25) is 5.02 Å². The summed E-state index contributed by atoms with van der Waals surface area (Å²) in [7, 11) is 3.29. The molecule has 0 amide bonds. The first-order chi connectivity index (χ1) is 8.67. The van der Waals surface area contributed by atoms with Gasteiger partial charge in [0, 0.05) is 11.6 Å². The molecule has 0 aliphatic carbocycles. The van der Waals surface area contributed by atoms with Crippen LogP contribution in [0.25, 0.3) is 0 Å². The quantitative estimate of drug-likeness (QED) is 0.824. The van der Waals surface area contributed by atoms with E-state index in [1.807, 2.05) is 12.1 Å². The Morgan fingerprint density at radius 3 is 2.39 bits per heavy atom. The number of methoxy groups -OCH3 is 2. The van der Waals surface area contributed by atoms with Crippen molar-refractivity contribution in [3.8, 4) is 11.5 Å². The van der Waals surface area contributed by atoms with Gasteiger partial charge in [0.15, 0.2) is 0 Å². The maximum absolute atomic E-state index is 6.11. The maximum atomic E-state index is 6.11. The van der Waals surface area contributed by atoms with Crippen LogP contribution in [0.15, 0.2) is 12.1 Å². The lowest BCUT2D eigenvalue weighted by Gasteiger charge is -2.19. The summed E-state index contributed by atoms with van der Waals surface area (Å²) in [5.74, 6) is 1.94. The number of benzene rings is 1. The van der Waals surface area contributed by atoms with Crippen molar-refractivity contribution in [1.29, 1.82) is 0 Å². The average molecular weight is 272 g/mol. The molecule has 0 bridgehead atoms. The van der Waals surface area contributed by atoms with E-state index in [1.54, 1.807) is 14.2 Å². The van der Waals surface area contributed by atoms with Gasteiger partial charge in [-0.05, 0) is 37.8 Å². The molecule has 1 aromatic rings. The van der Waals surface area contributed by atoms with Crippen molar-refractivity contribution >= 4 is 11.6 Å². The highest BCUT2D eigenvalue weighted by atomic mass is 35.5. The van der Waals surface area contributed by atoms with Crippen LogP contribution < -0.4 is 15.2 Å². The molecule has 0 aliphatic rings. The van der Waals surface area contributed by atoms with E-state index in [1.165, 1.54) is 0 Å². The summed E-state index contributed by atoms with van der Waals surface area (Å²) in [6.45, 7) is 2.88. The lowest BCUT2D eigenvalue weighted by Crippen LogP contribution is -2.05. The molecule has 0 saturated carbocycles. The summed E-state index contributed by atoms with van der Waals surface area (Å²) in [5, 5.41) is 0.576. The van der Waals surface area contributed by atoms with Crippen molar-refractivity contribution in [2.24, 2.45) is 5.73 Å². The molecule has 18 heavy (non-hydrogen) atoms. The largest absolute Gasteiger partial charge is 0.496 e. The summed E-state index contributed by atoms with van der Waals surface area (Å²) in [5.41, 5.74) is 6.73. The maximum Gasteiger partial charge on any atom is 0.138 e. The third-order valence-corrected chi connectivity index (χ3v) is 3.49. The molecule has 1 atom stereocenters. The zero-order chi connectivity index (χ0) is 13.5. The Labute approximate surface area is 114 Å². The van der Waals surface area contributed by atoms with E-state index in [0.717, 1.165) is 30.6 Å². The summed E-state index contributed by atoms with van der Waals surface area (Å²) < 4.78 is 10.7. The second-order valence-corrected chi connectivity index (χ2v) is 4.67. The Hall–Kier alpha value is -0.930. The molecule has 1 rings (SSSR count). The molecule has 0 aliphatic heterocycles. The van der Waals surface area contributed by atoms with Crippen LogP contribution in [-0.2, 0) is 0 Å². The van der Waals surface area contributed by atoms with E-state index in [0.29, 0.717) is 23.2 Å². The van der Waals surface area contributed by atoms with Crippen molar-refractivity contribution in [3.05, 3.63) is 22.7 Å². The minimum atomic E-state index is 0.426. The lowest BCUT2D eigenvalue weighted by atomic mass is 9.91. The molecule has 1 aromatic carbocycles. The van der Waals surface area contributed by atoms with E-state index in [-0.39, 0.29) is 0 Å². The number of ether oxygens (including phenoxy) is 2. The first kappa shape index (κ1) is 15.1. The number of nitrogens with two attached hydrogens (primary N) is 1. The number of rotatable bonds is 7. The fraction of sp³-hybridized carbons (Fsp3) is 0.571. The van der Waals surface area contributed by atoms with Gasteiger partial charge in [0.05, 0.1) is 19.2 Å². The van der Waals surface area contributed by atoms with Crippen LogP contribution in [0, 0.1) is 0 Å². The van der Waals surface area contributed by atoms with E-state index in [9.17, 15) is 0 Å². The molecular formula is C14H22ClNO2. The second-order valence-electron chi connectivity index (χ2n) is 4.26. The van der Waals surface area contributed by atoms with Crippen molar-refractivity contribution < 1.29 is 9.47 Å². The Kier molecular flexibility index (Phi) is 6.30. The summed E-state index contributed by atoms with van der Waals surface area (Å²) >= 11 is 6.11. The van der Waals surface area contributed by atoms with E-state index < -0.39 is 0 Å². The molecule has 0 radical (unpaired) electrons. The van der Waals surface area contributed by atoms with Crippen LogP contribution in [0.4, 0.5) is 0 Å². The molecule has 0 saturated heterocycles. The highest BCUT2D eigenvalue weighted by Gasteiger charge is 2.17. The zero-order valence-electron chi connectivity index (χ0n) is 11.3. The van der Waals surface area contributed by atoms with Crippen LogP contribution in [0.1, 0.15) is 37.7 Å². The molecule has 0 spiro atoms. The minimum Gasteiger partial charge on any atom is -0.496 e. The average Bonchev–Trinajstić information content (AvgIpc) is 2.40. The molecule has 0 fully saturated rings.